The molecular weight excluding hydrogens is 238 g/mol. The highest BCUT2D eigenvalue weighted by atomic mass is 16.5. The maximum atomic E-state index is 5.40. The fourth-order valence-electron chi connectivity index (χ4n) is 2.51. The van der Waals surface area contributed by atoms with E-state index in [-0.39, 0.29) is 5.60 Å². The van der Waals surface area contributed by atoms with Crippen LogP contribution in [0.25, 0.3) is 0 Å². The molecule has 0 radical (unpaired) electrons. The first-order valence-electron chi connectivity index (χ1n) is 7.48. The van der Waals surface area contributed by atoms with Crippen LogP contribution in [0.3, 0.4) is 0 Å². The van der Waals surface area contributed by atoms with Crippen molar-refractivity contribution in [3.05, 3.63) is 0 Å². The lowest BCUT2D eigenvalue weighted by Gasteiger charge is -2.30. The van der Waals surface area contributed by atoms with E-state index in [0.29, 0.717) is 0 Å². The molecule has 4 nitrogen and oxygen atoms in total. The van der Waals surface area contributed by atoms with Gasteiger partial charge in [0.1, 0.15) is 0 Å². The van der Waals surface area contributed by atoms with Crippen LogP contribution in [-0.2, 0) is 4.74 Å². The molecule has 1 saturated carbocycles. The molecule has 0 aromatic rings. The molecule has 0 saturated heterocycles. The lowest BCUT2D eigenvalue weighted by atomic mass is 9.80. The van der Waals surface area contributed by atoms with Crippen molar-refractivity contribution in [3.8, 4) is 0 Å². The molecule has 19 heavy (non-hydrogen) atoms. The molecule has 2 N–H and O–H groups in total. The largest absolute Gasteiger partial charge is 0.377 e. The SMILES string of the molecule is CN=C(NCC1CCCCC1C)NCC(C)(C)OC. The predicted octanol–water partition coefficient (Wildman–Crippen LogP) is 2.40. The summed E-state index contributed by atoms with van der Waals surface area (Å²) in [5.74, 6) is 2.49. The van der Waals surface area contributed by atoms with Crippen molar-refractivity contribution in [3.63, 3.8) is 0 Å². The Bertz CT molecular complexity index is 289. The molecule has 112 valence electrons. The van der Waals surface area contributed by atoms with E-state index in [0.717, 1.165) is 30.9 Å². The van der Waals surface area contributed by atoms with Gasteiger partial charge >= 0.3 is 0 Å². The highest BCUT2D eigenvalue weighted by Gasteiger charge is 2.21. The Balaban J connectivity index is 2.32. The van der Waals surface area contributed by atoms with E-state index < -0.39 is 0 Å². The summed E-state index contributed by atoms with van der Waals surface area (Å²) in [5, 5.41) is 6.78. The van der Waals surface area contributed by atoms with Crippen molar-refractivity contribution in [1.29, 1.82) is 0 Å². The van der Waals surface area contributed by atoms with Gasteiger partial charge < -0.3 is 15.4 Å². The maximum absolute atomic E-state index is 5.40. The molecule has 0 amide bonds. The lowest BCUT2D eigenvalue weighted by Crippen LogP contribution is -2.46. The van der Waals surface area contributed by atoms with Gasteiger partial charge in [0, 0.05) is 27.2 Å². The zero-order chi connectivity index (χ0) is 14.3. The number of guanidine groups is 1. The predicted molar refractivity (Wildman–Crippen MR) is 81.6 cm³/mol. The monoisotopic (exact) mass is 269 g/mol. The van der Waals surface area contributed by atoms with E-state index >= 15 is 0 Å². The first kappa shape index (κ1) is 16.3. The van der Waals surface area contributed by atoms with E-state index in [1.54, 1.807) is 7.11 Å². The number of nitrogens with zero attached hydrogens (tertiary/aromatic N) is 1. The quantitative estimate of drug-likeness (QED) is 0.595. The van der Waals surface area contributed by atoms with Gasteiger partial charge in [-0.1, -0.05) is 26.2 Å². The third kappa shape index (κ3) is 5.81. The van der Waals surface area contributed by atoms with Gasteiger partial charge in [0.2, 0.25) is 0 Å². The van der Waals surface area contributed by atoms with Crippen molar-refractivity contribution >= 4 is 5.96 Å². The van der Waals surface area contributed by atoms with Gasteiger partial charge in [-0.25, -0.2) is 0 Å². The summed E-state index contributed by atoms with van der Waals surface area (Å²) in [5.41, 5.74) is -0.171. The van der Waals surface area contributed by atoms with Crippen molar-refractivity contribution in [2.24, 2.45) is 16.8 Å². The van der Waals surface area contributed by atoms with Crippen LogP contribution in [0, 0.1) is 11.8 Å². The van der Waals surface area contributed by atoms with Crippen LogP contribution in [0.15, 0.2) is 4.99 Å². The zero-order valence-electron chi connectivity index (χ0n) is 13.3. The Morgan fingerprint density at radius 2 is 1.95 bits per heavy atom. The molecule has 1 aliphatic rings. The van der Waals surface area contributed by atoms with Gasteiger partial charge in [0.05, 0.1) is 5.60 Å². The fraction of sp³-hybridized carbons (Fsp3) is 0.933. The first-order chi connectivity index (χ1) is 8.98. The summed E-state index contributed by atoms with van der Waals surface area (Å²) in [6.07, 6.45) is 5.48. The van der Waals surface area contributed by atoms with E-state index in [1.807, 2.05) is 7.05 Å². The van der Waals surface area contributed by atoms with Crippen LogP contribution >= 0.6 is 0 Å². The summed E-state index contributed by atoms with van der Waals surface area (Å²) < 4.78 is 5.40. The highest BCUT2D eigenvalue weighted by Crippen LogP contribution is 2.28. The molecule has 0 heterocycles. The summed E-state index contributed by atoms with van der Waals surface area (Å²) in [6.45, 7) is 8.28. The normalized spacial score (nSPS) is 25.2. The molecule has 4 heteroatoms. The van der Waals surface area contributed by atoms with Gasteiger partial charge in [-0.2, -0.15) is 0 Å². The third-order valence-electron chi connectivity index (χ3n) is 4.28. The molecule has 0 aromatic heterocycles. The van der Waals surface area contributed by atoms with E-state index in [4.69, 9.17) is 4.74 Å². The molecule has 2 atom stereocenters. The Kier molecular flexibility index (Phi) is 6.63. The molecule has 1 fully saturated rings. The second kappa shape index (κ2) is 7.73. The average Bonchev–Trinajstić information content (AvgIpc) is 2.41. The Morgan fingerprint density at radius 1 is 1.26 bits per heavy atom. The van der Waals surface area contributed by atoms with Crippen molar-refractivity contribution in [2.75, 3.05) is 27.2 Å². The first-order valence-corrected chi connectivity index (χ1v) is 7.48. The van der Waals surface area contributed by atoms with E-state index in [1.165, 1.54) is 25.7 Å². The number of aliphatic imine (C=N–C) groups is 1. The van der Waals surface area contributed by atoms with Gasteiger partial charge in [-0.15, -0.1) is 0 Å². The van der Waals surface area contributed by atoms with Gasteiger partial charge in [0.25, 0.3) is 0 Å². The number of methoxy groups -OCH3 is 1. The minimum absolute atomic E-state index is 0.171. The van der Waals surface area contributed by atoms with E-state index in [2.05, 4.69) is 36.4 Å². The van der Waals surface area contributed by atoms with Crippen LogP contribution in [0.5, 0.6) is 0 Å². The molecular formula is C15H31N3O. The maximum Gasteiger partial charge on any atom is 0.191 e. The van der Waals surface area contributed by atoms with Gasteiger partial charge in [-0.05, 0) is 32.1 Å². The minimum atomic E-state index is -0.171. The Labute approximate surface area is 118 Å². The van der Waals surface area contributed by atoms with Crippen molar-refractivity contribution in [1.82, 2.24) is 10.6 Å². The zero-order valence-corrected chi connectivity index (χ0v) is 13.3. The standard InChI is InChI=1S/C15H31N3O/c1-12-8-6-7-9-13(12)10-17-14(16-4)18-11-15(2,3)19-5/h12-13H,6-11H2,1-5H3,(H2,16,17,18). The summed E-state index contributed by atoms with van der Waals surface area (Å²) in [4.78, 5) is 4.27. The second-order valence-corrected chi connectivity index (χ2v) is 6.29. The number of hydrogen-bond donors (Lipinski definition) is 2. The smallest absolute Gasteiger partial charge is 0.191 e. The Hall–Kier alpha value is -0.770. The molecule has 0 aliphatic heterocycles. The van der Waals surface area contributed by atoms with Crippen molar-refractivity contribution in [2.45, 2.75) is 52.1 Å². The molecule has 0 aromatic carbocycles. The fourth-order valence-corrected chi connectivity index (χ4v) is 2.51. The highest BCUT2D eigenvalue weighted by molar-refractivity contribution is 5.79. The van der Waals surface area contributed by atoms with Gasteiger partial charge in [-0.3, -0.25) is 4.99 Å². The van der Waals surface area contributed by atoms with E-state index in [9.17, 15) is 0 Å². The van der Waals surface area contributed by atoms with Crippen LogP contribution in [-0.4, -0.2) is 38.8 Å². The Morgan fingerprint density at radius 3 is 2.53 bits per heavy atom. The third-order valence-corrected chi connectivity index (χ3v) is 4.28. The van der Waals surface area contributed by atoms with Crippen LogP contribution in [0.4, 0.5) is 0 Å². The lowest BCUT2D eigenvalue weighted by molar-refractivity contribution is 0.0268. The van der Waals surface area contributed by atoms with Gasteiger partial charge in [0.15, 0.2) is 5.96 Å². The summed E-state index contributed by atoms with van der Waals surface area (Å²) in [7, 11) is 3.56. The number of hydrogen-bond acceptors (Lipinski definition) is 2. The molecule has 2 unspecified atom stereocenters. The average molecular weight is 269 g/mol. The minimum Gasteiger partial charge on any atom is -0.377 e. The van der Waals surface area contributed by atoms with Crippen LogP contribution < -0.4 is 10.6 Å². The number of ether oxygens (including phenoxy) is 1. The molecule has 0 spiro atoms. The topological polar surface area (TPSA) is 45.7 Å². The number of rotatable bonds is 5. The van der Waals surface area contributed by atoms with Crippen molar-refractivity contribution < 1.29 is 4.74 Å². The van der Waals surface area contributed by atoms with Crippen LogP contribution in [0.1, 0.15) is 46.5 Å². The molecule has 0 bridgehead atoms. The van der Waals surface area contributed by atoms with Crippen LogP contribution in [0.2, 0.25) is 0 Å². The second-order valence-electron chi connectivity index (χ2n) is 6.29. The molecule has 1 aliphatic carbocycles. The summed E-state index contributed by atoms with van der Waals surface area (Å²) in [6, 6.07) is 0. The molecule has 1 rings (SSSR count). The summed E-state index contributed by atoms with van der Waals surface area (Å²) >= 11 is 0. The number of nitrogens with one attached hydrogen (secondary N) is 2.